The number of hydrogen-bond donors (Lipinski definition) is 0. The van der Waals surface area contributed by atoms with Crippen LogP contribution in [0.2, 0.25) is 0 Å². The number of hydrogen-bond acceptors (Lipinski definition) is 8. The highest BCUT2D eigenvalue weighted by molar-refractivity contribution is 7.89. The van der Waals surface area contributed by atoms with Crippen molar-refractivity contribution in [3.63, 3.8) is 0 Å². The molecular formula is C31H38Cl2N2O8S2. The lowest BCUT2D eigenvalue weighted by molar-refractivity contribution is 0.0419. The molecule has 2 aromatic carbocycles. The van der Waals surface area contributed by atoms with Gasteiger partial charge in [0.15, 0.2) is 0 Å². The Morgan fingerprint density at radius 3 is 1.22 bits per heavy atom. The summed E-state index contributed by atoms with van der Waals surface area (Å²) in [7, 11) is -7.28. The average Bonchev–Trinajstić information content (AvgIpc) is 3.75. The Hall–Kier alpha value is -2.22. The zero-order valence-electron chi connectivity index (χ0n) is 24.9. The smallest absolute Gasteiger partial charge is 0.338 e. The van der Waals surface area contributed by atoms with Crippen LogP contribution in [0.5, 0.6) is 0 Å². The first-order valence-electron chi connectivity index (χ1n) is 15.3. The summed E-state index contributed by atoms with van der Waals surface area (Å²) in [5.74, 6) is -2.28. The van der Waals surface area contributed by atoms with Gasteiger partial charge in [-0.05, 0) is 74.2 Å². The lowest BCUT2D eigenvalue weighted by Gasteiger charge is -2.20. The van der Waals surface area contributed by atoms with E-state index in [2.05, 4.69) is 0 Å². The maximum Gasteiger partial charge on any atom is 0.338 e. The second-order valence-corrected chi connectivity index (χ2v) is 17.1. The molecular weight excluding hydrogens is 663 g/mol. The molecule has 14 heteroatoms. The molecule has 3 aliphatic rings. The van der Waals surface area contributed by atoms with Gasteiger partial charge in [0.05, 0.1) is 34.1 Å². The van der Waals surface area contributed by atoms with Crippen LogP contribution < -0.4 is 0 Å². The van der Waals surface area contributed by atoms with E-state index in [4.69, 9.17) is 32.7 Å². The molecule has 0 radical (unpaired) electrons. The minimum absolute atomic E-state index is 0.120. The molecule has 0 amide bonds. The average molecular weight is 702 g/mol. The van der Waals surface area contributed by atoms with Crippen molar-refractivity contribution in [1.29, 1.82) is 0 Å². The Morgan fingerprint density at radius 1 is 0.600 bits per heavy atom. The van der Waals surface area contributed by atoms with Crippen LogP contribution in [0.1, 0.15) is 72.1 Å². The number of ether oxygens (including phenoxy) is 2. The van der Waals surface area contributed by atoms with Gasteiger partial charge in [0.1, 0.15) is 4.33 Å². The van der Waals surface area contributed by atoms with Crippen LogP contribution in [0.15, 0.2) is 58.3 Å². The largest absolute Gasteiger partial charge is 0.462 e. The number of nitrogens with zero attached hydrogens (tertiary/aromatic N) is 2. The fourth-order valence-corrected chi connectivity index (χ4v) is 9.57. The second-order valence-electron chi connectivity index (χ2n) is 11.8. The molecule has 2 saturated heterocycles. The minimum Gasteiger partial charge on any atom is -0.462 e. The Kier molecular flexibility index (Phi) is 10.8. The number of carbonyl (C=O) groups is 2. The van der Waals surface area contributed by atoms with Crippen LogP contribution in [0.25, 0.3) is 0 Å². The van der Waals surface area contributed by atoms with Crippen LogP contribution in [0.4, 0.5) is 0 Å². The van der Waals surface area contributed by atoms with Crippen molar-refractivity contribution in [2.75, 3.05) is 39.4 Å². The maximum absolute atomic E-state index is 13.0. The van der Waals surface area contributed by atoms with E-state index in [0.29, 0.717) is 26.2 Å². The summed E-state index contributed by atoms with van der Waals surface area (Å²) < 4.78 is 64.5. The van der Waals surface area contributed by atoms with Crippen molar-refractivity contribution in [3.05, 3.63) is 59.7 Å². The molecule has 0 aromatic heterocycles. The molecule has 2 atom stereocenters. The molecule has 5 rings (SSSR count). The lowest BCUT2D eigenvalue weighted by atomic mass is 10.2. The van der Waals surface area contributed by atoms with E-state index in [0.717, 1.165) is 51.4 Å². The highest BCUT2D eigenvalue weighted by atomic mass is 35.5. The van der Waals surface area contributed by atoms with Gasteiger partial charge >= 0.3 is 11.9 Å². The van der Waals surface area contributed by atoms with E-state index in [1.165, 1.54) is 57.1 Å². The normalized spacial score (nSPS) is 23.0. The molecule has 2 unspecified atom stereocenters. The van der Waals surface area contributed by atoms with E-state index in [9.17, 15) is 26.4 Å². The fourth-order valence-electron chi connectivity index (χ4n) is 5.80. The summed E-state index contributed by atoms with van der Waals surface area (Å²) in [5, 5.41) is 0. The first-order valence-corrected chi connectivity index (χ1v) is 19.0. The number of halogens is 2. The van der Waals surface area contributed by atoms with Gasteiger partial charge in [-0.2, -0.15) is 8.61 Å². The highest BCUT2D eigenvalue weighted by Gasteiger charge is 2.64. The van der Waals surface area contributed by atoms with Crippen molar-refractivity contribution in [2.24, 2.45) is 11.8 Å². The standard InChI is InChI=1S/C31H38Cl2N2O8S2/c32-31(33)27(21-42-29(36)23-9-13-25(14-10-23)44(38,39)34-17-5-1-2-6-18-34)28(31)22-43-30(37)24-11-15-26(16-12-24)45(40,41)35-19-7-3-4-8-20-35/h9-16,27-28H,1-8,17-22H2. The van der Waals surface area contributed by atoms with Gasteiger partial charge in [0, 0.05) is 38.0 Å². The minimum atomic E-state index is -3.64. The monoisotopic (exact) mass is 700 g/mol. The Bertz CT molecular complexity index is 1450. The summed E-state index contributed by atoms with van der Waals surface area (Å²) in [4.78, 5) is 25.6. The quantitative estimate of drug-likeness (QED) is 0.243. The van der Waals surface area contributed by atoms with Gasteiger partial charge in [-0.3, -0.25) is 0 Å². The van der Waals surface area contributed by atoms with Crippen molar-refractivity contribution >= 4 is 55.2 Å². The van der Waals surface area contributed by atoms with Crippen molar-refractivity contribution in [1.82, 2.24) is 8.61 Å². The number of alkyl halides is 2. The third-order valence-electron chi connectivity index (χ3n) is 8.74. The van der Waals surface area contributed by atoms with Crippen LogP contribution >= 0.6 is 23.2 Å². The van der Waals surface area contributed by atoms with Crippen LogP contribution in [-0.4, -0.2) is 81.1 Å². The molecule has 1 saturated carbocycles. The van der Waals surface area contributed by atoms with Crippen LogP contribution in [-0.2, 0) is 29.5 Å². The maximum atomic E-state index is 13.0. The van der Waals surface area contributed by atoms with Gasteiger partial charge < -0.3 is 9.47 Å². The Labute approximate surface area is 275 Å². The lowest BCUT2D eigenvalue weighted by Crippen LogP contribution is -2.31. The van der Waals surface area contributed by atoms with Crippen molar-refractivity contribution < 1.29 is 35.9 Å². The molecule has 246 valence electrons. The molecule has 2 aliphatic heterocycles. The van der Waals surface area contributed by atoms with Gasteiger partial charge in [-0.25, -0.2) is 26.4 Å². The second kappa shape index (κ2) is 14.3. The predicted octanol–water partition coefficient (Wildman–Crippen LogP) is 5.25. The molecule has 45 heavy (non-hydrogen) atoms. The van der Waals surface area contributed by atoms with E-state index in [1.807, 2.05) is 0 Å². The molecule has 2 aromatic rings. The number of rotatable bonds is 10. The first-order chi connectivity index (χ1) is 21.4. The van der Waals surface area contributed by atoms with Gasteiger partial charge in [0.25, 0.3) is 0 Å². The molecule has 10 nitrogen and oxygen atoms in total. The van der Waals surface area contributed by atoms with Gasteiger partial charge in [-0.15, -0.1) is 23.2 Å². The number of esters is 2. The predicted molar refractivity (Wildman–Crippen MR) is 169 cm³/mol. The summed E-state index contributed by atoms with van der Waals surface area (Å²) >= 11 is 12.8. The van der Waals surface area contributed by atoms with Crippen LogP contribution in [0, 0.1) is 11.8 Å². The molecule has 2 heterocycles. The van der Waals surface area contributed by atoms with Crippen molar-refractivity contribution in [3.8, 4) is 0 Å². The van der Waals surface area contributed by atoms with Gasteiger partial charge in [-0.1, -0.05) is 25.7 Å². The fraction of sp³-hybridized carbons (Fsp3) is 0.548. The molecule has 0 N–H and O–H groups in total. The Morgan fingerprint density at radius 2 is 0.911 bits per heavy atom. The number of sulfonamides is 2. The topological polar surface area (TPSA) is 127 Å². The first kappa shape index (κ1) is 34.1. The number of benzene rings is 2. The number of carbonyl (C=O) groups excluding carboxylic acids is 2. The van der Waals surface area contributed by atoms with E-state index in [-0.39, 0.29) is 34.1 Å². The van der Waals surface area contributed by atoms with Gasteiger partial charge in [0.2, 0.25) is 20.0 Å². The van der Waals surface area contributed by atoms with E-state index >= 15 is 0 Å². The van der Waals surface area contributed by atoms with Crippen molar-refractivity contribution in [2.45, 2.75) is 65.5 Å². The molecule has 1 aliphatic carbocycles. The molecule has 0 spiro atoms. The van der Waals surface area contributed by atoms with E-state index < -0.39 is 48.2 Å². The zero-order chi connectivity index (χ0) is 32.2. The summed E-state index contributed by atoms with van der Waals surface area (Å²) in [6, 6.07) is 11.3. The summed E-state index contributed by atoms with van der Waals surface area (Å²) in [6.45, 7) is 1.70. The SMILES string of the molecule is O=C(OCC1C(COC(=O)c2ccc(S(=O)(=O)N3CCCCCC3)cc2)C1(Cl)Cl)c1ccc(S(=O)(=O)N2CCCCCC2)cc1. The highest BCUT2D eigenvalue weighted by Crippen LogP contribution is 2.59. The summed E-state index contributed by atoms with van der Waals surface area (Å²) in [6.07, 6.45) is 7.33. The molecule has 0 bridgehead atoms. The van der Waals surface area contributed by atoms with Crippen LogP contribution in [0.3, 0.4) is 0 Å². The van der Waals surface area contributed by atoms with E-state index in [1.54, 1.807) is 0 Å². The Balaban J connectivity index is 1.10. The third-order valence-corrected chi connectivity index (χ3v) is 13.7. The summed E-state index contributed by atoms with van der Waals surface area (Å²) in [5.41, 5.74) is 0.369. The zero-order valence-corrected chi connectivity index (χ0v) is 28.1. The third kappa shape index (κ3) is 7.85. The molecule has 3 fully saturated rings.